The van der Waals surface area contributed by atoms with Gasteiger partial charge in [-0.2, -0.15) is 5.10 Å². The van der Waals surface area contributed by atoms with Gasteiger partial charge in [0.1, 0.15) is 16.3 Å². The Hall–Kier alpha value is -0.980. The van der Waals surface area contributed by atoms with Crippen LogP contribution < -0.4 is 0 Å². The van der Waals surface area contributed by atoms with Crippen LogP contribution in [0.2, 0.25) is 0 Å². The van der Waals surface area contributed by atoms with Gasteiger partial charge in [-0.3, -0.25) is 0 Å². The van der Waals surface area contributed by atoms with Gasteiger partial charge in [-0.25, -0.2) is 18.3 Å². The van der Waals surface area contributed by atoms with Crippen molar-refractivity contribution >= 4 is 21.9 Å². The molecule has 14 heavy (non-hydrogen) atoms. The Labute approximate surface area is 85.6 Å². The molecule has 1 aromatic rings. The van der Waals surface area contributed by atoms with Crippen molar-refractivity contribution in [3.05, 3.63) is 16.4 Å². The second-order valence-electron chi connectivity index (χ2n) is 3.08. The van der Waals surface area contributed by atoms with Gasteiger partial charge in [-0.05, 0) is 15.9 Å². The second kappa shape index (κ2) is 2.75. The molecule has 1 aliphatic carbocycles. The fourth-order valence-electron chi connectivity index (χ4n) is 1.23. The summed E-state index contributed by atoms with van der Waals surface area (Å²) in [5.74, 6) is -4.08. The highest BCUT2D eigenvalue weighted by Crippen LogP contribution is 2.52. The van der Waals surface area contributed by atoms with E-state index in [9.17, 15) is 13.6 Å². The van der Waals surface area contributed by atoms with E-state index in [1.807, 2.05) is 0 Å². The monoisotopic (exact) mass is 266 g/mol. The number of hydrogen-bond acceptors (Lipinski definition) is 2. The van der Waals surface area contributed by atoms with E-state index < -0.39 is 17.9 Å². The van der Waals surface area contributed by atoms with Gasteiger partial charge < -0.3 is 5.11 Å². The third-order valence-corrected chi connectivity index (χ3v) is 2.40. The van der Waals surface area contributed by atoms with Gasteiger partial charge in [-0.1, -0.05) is 0 Å². The van der Waals surface area contributed by atoms with Crippen molar-refractivity contribution in [1.29, 1.82) is 0 Å². The van der Waals surface area contributed by atoms with Crippen molar-refractivity contribution in [3.8, 4) is 0 Å². The molecule has 1 aliphatic rings. The van der Waals surface area contributed by atoms with Crippen molar-refractivity contribution < 1.29 is 18.7 Å². The Morgan fingerprint density at radius 2 is 2.36 bits per heavy atom. The van der Waals surface area contributed by atoms with E-state index in [0.29, 0.717) is 0 Å². The lowest BCUT2D eigenvalue weighted by atomic mass is 10.4. The first-order valence-corrected chi connectivity index (χ1v) is 4.57. The number of carbonyl (C=O) groups is 1. The van der Waals surface area contributed by atoms with Gasteiger partial charge >= 0.3 is 5.97 Å². The Balaban J connectivity index is 2.39. The van der Waals surface area contributed by atoms with Crippen LogP contribution in [0.25, 0.3) is 0 Å². The lowest BCUT2D eigenvalue weighted by molar-refractivity contribution is 0.0672. The quantitative estimate of drug-likeness (QED) is 0.890. The zero-order valence-corrected chi connectivity index (χ0v) is 8.33. The molecule has 1 N–H and O–H groups in total. The fraction of sp³-hybridized carbons (Fsp3) is 0.429. The predicted molar refractivity (Wildman–Crippen MR) is 45.5 cm³/mol. The van der Waals surface area contributed by atoms with Crippen LogP contribution in [0.4, 0.5) is 8.78 Å². The van der Waals surface area contributed by atoms with E-state index in [1.165, 1.54) is 6.07 Å². The largest absolute Gasteiger partial charge is 0.477 e. The molecule has 4 nitrogen and oxygen atoms in total. The fourth-order valence-corrected chi connectivity index (χ4v) is 1.61. The van der Waals surface area contributed by atoms with Crippen LogP contribution in [0.15, 0.2) is 10.7 Å². The van der Waals surface area contributed by atoms with Gasteiger partial charge in [0.25, 0.3) is 5.92 Å². The SMILES string of the molecule is O=C(O)c1cc(Br)nn1C1CC1(F)F. The van der Waals surface area contributed by atoms with Crippen molar-refractivity contribution in [2.24, 2.45) is 0 Å². The smallest absolute Gasteiger partial charge is 0.354 e. The molecule has 0 spiro atoms. The maximum Gasteiger partial charge on any atom is 0.354 e. The molecule has 7 heteroatoms. The van der Waals surface area contributed by atoms with Crippen LogP contribution in [-0.4, -0.2) is 26.8 Å². The third-order valence-electron chi connectivity index (χ3n) is 2.01. The minimum Gasteiger partial charge on any atom is -0.477 e. The minimum absolute atomic E-state index is 0.223. The summed E-state index contributed by atoms with van der Waals surface area (Å²) in [5, 5.41) is 12.4. The maximum absolute atomic E-state index is 12.7. The van der Waals surface area contributed by atoms with E-state index in [4.69, 9.17) is 5.11 Å². The minimum atomic E-state index is -2.82. The number of carboxylic acids is 1. The van der Waals surface area contributed by atoms with Crippen molar-refractivity contribution in [2.75, 3.05) is 0 Å². The molecule has 1 aromatic heterocycles. The summed E-state index contributed by atoms with van der Waals surface area (Å²) < 4.78 is 26.4. The van der Waals surface area contributed by atoms with E-state index >= 15 is 0 Å². The molecule has 0 bridgehead atoms. The molecule has 0 amide bonds. The molecule has 0 aliphatic heterocycles. The second-order valence-corrected chi connectivity index (χ2v) is 3.90. The molecular weight excluding hydrogens is 262 g/mol. The van der Waals surface area contributed by atoms with Gasteiger partial charge in [-0.15, -0.1) is 0 Å². The summed E-state index contributed by atoms with van der Waals surface area (Å²) in [6, 6.07) is 0.0939. The van der Waals surface area contributed by atoms with Crippen molar-refractivity contribution in [1.82, 2.24) is 9.78 Å². The highest BCUT2D eigenvalue weighted by Gasteiger charge is 2.60. The molecule has 0 saturated heterocycles. The molecule has 0 aromatic carbocycles. The maximum atomic E-state index is 12.7. The Morgan fingerprint density at radius 1 is 1.79 bits per heavy atom. The highest BCUT2D eigenvalue weighted by molar-refractivity contribution is 9.10. The highest BCUT2D eigenvalue weighted by atomic mass is 79.9. The first kappa shape index (κ1) is 9.57. The summed E-state index contributed by atoms with van der Waals surface area (Å²) in [5.41, 5.74) is -0.223. The van der Waals surface area contributed by atoms with Crippen LogP contribution in [0.5, 0.6) is 0 Å². The lowest BCUT2D eigenvalue weighted by Crippen LogP contribution is -2.11. The molecule has 1 saturated carbocycles. The zero-order chi connectivity index (χ0) is 10.5. The number of hydrogen-bond donors (Lipinski definition) is 1. The van der Waals surface area contributed by atoms with E-state index in [-0.39, 0.29) is 16.7 Å². The summed E-state index contributed by atoms with van der Waals surface area (Å²) in [6.45, 7) is 0. The molecule has 2 rings (SSSR count). The molecule has 0 radical (unpaired) electrons. The Bertz CT molecular complexity index is 404. The van der Waals surface area contributed by atoms with Gasteiger partial charge in [0.2, 0.25) is 0 Å². The topological polar surface area (TPSA) is 55.1 Å². The van der Waals surface area contributed by atoms with Gasteiger partial charge in [0.15, 0.2) is 0 Å². The van der Waals surface area contributed by atoms with Gasteiger partial charge in [0.05, 0.1) is 0 Å². The van der Waals surface area contributed by atoms with E-state index in [0.717, 1.165) is 4.68 Å². The van der Waals surface area contributed by atoms with Crippen LogP contribution in [-0.2, 0) is 0 Å². The molecule has 76 valence electrons. The lowest BCUT2D eigenvalue weighted by Gasteiger charge is -2.01. The normalized spacial score (nSPS) is 23.5. The van der Waals surface area contributed by atoms with Crippen molar-refractivity contribution in [3.63, 3.8) is 0 Å². The summed E-state index contributed by atoms with van der Waals surface area (Å²) in [6.07, 6.45) is -0.346. The number of nitrogens with zero attached hydrogens (tertiary/aromatic N) is 2. The summed E-state index contributed by atoms with van der Waals surface area (Å²) >= 11 is 2.94. The number of carboxylic acid groups (broad SMARTS) is 1. The summed E-state index contributed by atoms with van der Waals surface area (Å²) in [4.78, 5) is 10.7. The predicted octanol–water partition coefficient (Wildman–Crippen LogP) is 1.92. The molecule has 1 atom stereocenters. The number of aromatic nitrogens is 2. The van der Waals surface area contributed by atoms with Gasteiger partial charge in [0, 0.05) is 12.5 Å². The number of rotatable bonds is 2. The zero-order valence-electron chi connectivity index (χ0n) is 6.75. The number of aromatic carboxylic acids is 1. The number of halogens is 3. The number of alkyl halides is 2. The Kier molecular flexibility index (Phi) is 1.88. The van der Waals surface area contributed by atoms with Crippen LogP contribution in [0.3, 0.4) is 0 Å². The third kappa shape index (κ3) is 1.41. The molecule has 1 unspecified atom stereocenters. The van der Waals surface area contributed by atoms with Crippen LogP contribution in [0, 0.1) is 0 Å². The molecule has 1 heterocycles. The average Bonchev–Trinajstić information content (AvgIpc) is 2.53. The summed E-state index contributed by atoms with van der Waals surface area (Å²) in [7, 11) is 0. The Morgan fingerprint density at radius 3 is 2.79 bits per heavy atom. The van der Waals surface area contributed by atoms with Crippen LogP contribution in [0.1, 0.15) is 23.0 Å². The van der Waals surface area contributed by atoms with E-state index in [2.05, 4.69) is 21.0 Å². The molecule has 1 fully saturated rings. The first-order chi connectivity index (χ1) is 6.42. The van der Waals surface area contributed by atoms with Crippen molar-refractivity contribution in [2.45, 2.75) is 18.4 Å². The average molecular weight is 267 g/mol. The standard InChI is InChI=1S/C7H5BrF2N2O2/c8-5-1-3(6(13)14)12(11-5)4-2-7(4,9)10/h1,4H,2H2,(H,13,14). The first-order valence-electron chi connectivity index (χ1n) is 3.78. The van der Waals surface area contributed by atoms with Crippen LogP contribution >= 0.6 is 15.9 Å². The molecular formula is C7H5BrF2N2O2. The van der Waals surface area contributed by atoms with E-state index in [1.54, 1.807) is 0 Å².